The van der Waals surface area contributed by atoms with E-state index in [0.29, 0.717) is 0 Å². The summed E-state index contributed by atoms with van der Waals surface area (Å²) < 4.78 is 34.4. The van der Waals surface area contributed by atoms with Crippen molar-refractivity contribution in [3.63, 3.8) is 0 Å². The van der Waals surface area contributed by atoms with Crippen LogP contribution in [0.3, 0.4) is 0 Å². The van der Waals surface area contributed by atoms with Gasteiger partial charge in [-0.15, -0.1) is 0 Å². The zero-order chi connectivity index (χ0) is 4.50. The molecule has 0 unspecified atom stereocenters. The van der Waals surface area contributed by atoms with Gasteiger partial charge < -0.3 is 6.15 Å². The Labute approximate surface area is 54.8 Å². The molecule has 0 spiro atoms. The Morgan fingerprint density at radius 3 is 1.14 bits per heavy atom. The molecule has 40 valence electrons. The predicted molar refractivity (Wildman–Crippen MR) is 13.1 cm³/mol. The van der Waals surface area contributed by atoms with Crippen LogP contribution < -0.4 is 33.4 Å². The molecule has 0 aromatic heterocycles. The molecule has 0 aliphatic rings. The molecule has 0 radical (unpaired) electrons. The third-order valence-corrected chi connectivity index (χ3v) is 0. The van der Waals surface area contributed by atoms with Gasteiger partial charge in [0.2, 0.25) is 0 Å². The van der Waals surface area contributed by atoms with Gasteiger partial charge in [0.05, 0.1) is 0 Å². The second kappa shape index (κ2) is 4.75. The summed E-state index contributed by atoms with van der Waals surface area (Å²) in [6.07, 6.45) is 0. The molecule has 0 heterocycles. The fourth-order valence-electron chi connectivity index (χ4n) is 0. The van der Waals surface area contributed by atoms with Crippen molar-refractivity contribution < 1.29 is 34.9 Å². The Morgan fingerprint density at radius 1 is 1.14 bits per heavy atom. The summed E-state index contributed by atoms with van der Waals surface area (Å²) in [5.41, 5.74) is 0. The van der Waals surface area contributed by atoms with Crippen LogP contribution in [0.15, 0.2) is 0 Å². The Morgan fingerprint density at radius 2 is 1.14 bits per heavy atom. The first-order valence-electron chi connectivity index (χ1n) is 0.667. The van der Waals surface area contributed by atoms with E-state index in [2.05, 4.69) is 0 Å². The van der Waals surface area contributed by atoms with Crippen LogP contribution >= 0.6 is 0 Å². The first-order chi connectivity index (χ1) is 2.00. The second-order valence-electron chi connectivity index (χ2n) is 0.408. The Balaban J connectivity index is -0.0000000800. The Hall–Kier alpha value is 0.597. The normalized spacial score (nSPS) is 8.29. The summed E-state index contributed by atoms with van der Waals surface area (Å²) in [7, 11) is 0. The largest absolute Gasteiger partial charge is 1.00 e. The van der Waals surface area contributed by atoms with Gasteiger partial charge in [0, 0.05) is 0 Å². The van der Waals surface area contributed by atoms with Gasteiger partial charge in [-0.25, -0.2) is 0 Å². The summed E-state index contributed by atoms with van der Waals surface area (Å²) in [5.74, 6) is 0. The van der Waals surface area contributed by atoms with Crippen molar-refractivity contribution in [3.8, 4) is 0 Å². The van der Waals surface area contributed by atoms with Crippen molar-refractivity contribution in [2.75, 3.05) is 0 Å². The van der Waals surface area contributed by atoms with Crippen molar-refractivity contribution in [3.05, 3.63) is 0 Å². The van der Waals surface area contributed by atoms with Crippen LogP contribution in [0, 0.1) is 0 Å². The van der Waals surface area contributed by atoms with Crippen LogP contribution in [0.4, 0.5) is 0 Å². The minimum absolute atomic E-state index is 0. The van der Waals surface area contributed by atoms with E-state index in [-0.39, 0.29) is 25.0 Å². The average Bonchev–Trinajstić information content (AvgIpc) is 0.722. The number of hydrogen-bond acceptors (Lipinski definition) is 4. The summed E-state index contributed by atoms with van der Waals surface area (Å²) in [6, 6.07) is 0. The van der Waals surface area contributed by atoms with Crippen LogP contribution in [-0.4, -0.2) is 13.4 Å². The molecule has 0 aromatic carbocycles. The van der Waals surface area contributed by atoms with Crippen LogP contribution in [0.5, 0.6) is 0 Å². The van der Waals surface area contributed by atoms with Crippen LogP contribution in [0.25, 0.3) is 0 Å². The summed E-state index contributed by atoms with van der Waals surface area (Å²) in [4.78, 5) is 0. The van der Waals surface area contributed by atoms with Crippen LogP contribution in [0.2, 0.25) is 0 Å². The second-order valence-corrected chi connectivity index (χ2v) is 2.12. The van der Waals surface area contributed by atoms with E-state index in [9.17, 15) is 0 Å². The van der Waals surface area contributed by atoms with E-state index in [1.165, 1.54) is 0 Å². The van der Waals surface area contributed by atoms with Crippen molar-refractivity contribution in [2.24, 2.45) is 0 Å². The predicted octanol–water partition coefficient (Wildman–Crippen LogP) is -5.62. The van der Waals surface area contributed by atoms with Gasteiger partial charge in [-0.2, -0.15) is 0 Å². The first-order valence-corrected chi connectivity index (χ1v) is 3.46. The Kier molecular flexibility index (Phi) is 10.6. The number of quaternary nitrogens is 1. The van der Waals surface area contributed by atoms with Gasteiger partial charge in [-0.1, -0.05) is 0 Å². The van der Waals surface area contributed by atoms with Crippen molar-refractivity contribution in [1.29, 1.82) is 0 Å². The zero-order valence-electron chi connectivity index (χ0n) is 4.04. The van der Waals surface area contributed by atoms with Gasteiger partial charge in [0.15, 0.2) is 0 Å². The zero-order valence-corrected chi connectivity index (χ0v) is 5.75. The standard InChI is InChI=1S/Li.H3N.H2O4Se/c;;1-5(2,3)4/h;1H3;(H2,1,2,3,4)/q+1;;/p-1. The molecule has 5 nitrogen and oxygen atoms in total. The third kappa shape index (κ3) is 391. The minimum Gasteiger partial charge on any atom is -0.369 e. The number of rotatable bonds is 0. The molecule has 0 rings (SSSR count). The van der Waals surface area contributed by atoms with E-state index in [4.69, 9.17) is 16.0 Å². The van der Waals surface area contributed by atoms with Crippen molar-refractivity contribution in [1.82, 2.24) is 6.15 Å². The van der Waals surface area contributed by atoms with E-state index >= 15 is 0 Å². The summed E-state index contributed by atoms with van der Waals surface area (Å²) in [6.45, 7) is 0. The van der Waals surface area contributed by atoms with E-state index in [0.717, 1.165) is 0 Å². The first kappa shape index (κ1) is 15.6. The molecule has 7 heavy (non-hydrogen) atoms. The van der Waals surface area contributed by atoms with E-state index in [1.807, 2.05) is 0 Å². The van der Waals surface area contributed by atoms with Gasteiger partial charge in [0.25, 0.3) is 0 Å². The molecule has 0 saturated heterocycles. The molecule has 7 heteroatoms. The maximum absolute atomic E-state index is 8.59. The molecule has 0 atom stereocenters. The Bertz CT molecular complexity index is 94.9. The van der Waals surface area contributed by atoms with Gasteiger partial charge >= 0.3 is 48.3 Å². The smallest absolute Gasteiger partial charge is 0.369 e. The molecule has 0 aliphatic carbocycles. The molecule has 0 aromatic rings. The fraction of sp³-hybridized carbons (Fsp3) is 0. The molecule has 0 saturated carbocycles. The summed E-state index contributed by atoms with van der Waals surface area (Å²) >= 11 is -5.75. The quantitative estimate of drug-likeness (QED) is 0.362. The van der Waals surface area contributed by atoms with E-state index < -0.39 is 13.4 Å². The van der Waals surface area contributed by atoms with E-state index in [1.54, 1.807) is 0 Å². The molecule has 0 amide bonds. The van der Waals surface area contributed by atoms with Gasteiger partial charge in [-0.3, -0.25) is 0 Å². The third-order valence-electron chi connectivity index (χ3n) is 0. The average molecular weight is 168 g/mol. The fourth-order valence-corrected chi connectivity index (χ4v) is 0. The topological polar surface area (TPSA) is 117 Å². The molecule has 0 fully saturated rings. The van der Waals surface area contributed by atoms with Crippen LogP contribution in [0.1, 0.15) is 0 Å². The van der Waals surface area contributed by atoms with Crippen molar-refractivity contribution in [2.45, 2.75) is 0 Å². The number of hydrogen-bond donors (Lipinski definition) is 1. The van der Waals surface area contributed by atoms with Gasteiger partial charge in [0.1, 0.15) is 0 Å². The molecule has 4 N–H and O–H groups in total. The molecule has 0 aliphatic heterocycles. The maximum Gasteiger partial charge on any atom is 1.00 e. The SMILES string of the molecule is O=[Se](=O)([O-])[O-].[Li+].[NH4+]. The van der Waals surface area contributed by atoms with Gasteiger partial charge in [-0.05, 0) is 0 Å². The minimum atomic E-state index is -5.75. The van der Waals surface area contributed by atoms with Crippen LogP contribution in [-0.2, 0) is 7.67 Å². The van der Waals surface area contributed by atoms with Crippen molar-refractivity contribution >= 4 is 13.4 Å². The monoisotopic (exact) mass is 169 g/mol. The molecular formula is H4LiNO4Se. The molecular weight excluding hydrogens is 164 g/mol. The maximum atomic E-state index is 8.59. The molecule has 0 bridgehead atoms. The summed E-state index contributed by atoms with van der Waals surface area (Å²) in [5, 5.41) is 0.